The van der Waals surface area contributed by atoms with Crippen LogP contribution in [-0.2, 0) is 11.8 Å². The molecule has 0 bridgehead atoms. The molecule has 0 radical (unpaired) electrons. The lowest BCUT2D eigenvalue weighted by molar-refractivity contribution is 0.121. The van der Waals surface area contributed by atoms with Gasteiger partial charge >= 0.3 is 6.09 Å². The lowest BCUT2D eigenvalue weighted by Crippen LogP contribution is -2.18. The monoisotopic (exact) mass is 370 g/mol. The summed E-state index contributed by atoms with van der Waals surface area (Å²) in [4.78, 5) is 12.4. The number of benzene rings is 2. The number of nitrogen functional groups attached to an aromatic ring is 1. The first kappa shape index (κ1) is 17.8. The van der Waals surface area contributed by atoms with Crippen molar-refractivity contribution in [1.82, 2.24) is 9.78 Å². The van der Waals surface area contributed by atoms with Gasteiger partial charge in [0.05, 0.1) is 6.20 Å². The van der Waals surface area contributed by atoms with Crippen LogP contribution < -0.4 is 11.1 Å². The molecule has 0 saturated carbocycles. The van der Waals surface area contributed by atoms with Crippen LogP contribution >= 0.6 is 11.6 Å². The minimum atomic E-state index is -0.585. The molecule has 0 aliphatic heterocycles. The third-order valence-corrected chi connectivity index (χ3v) is 4.35. The summed E-state index contributed by atoms with van der Waals surface area (Å²) < 4.78 is 7.04. The summed E-state index contributed by atoms with van der Waals surface area (Å²) in [5.41, 5.74) is 8.80. The SMILES string of the molecule is CC(OC(=O)Nc1c(-c2ccc(N)cc2)cnn1C)c1ccccc1Cl. The Hall–Kier alpha value is -2.99. The van der Waals surface area contributed by atoms with Crippen molar-refractivity contribution in [3.63, 3.8) is 0 Å². The number of ether oxygens (including phenoxy) is 1. The lowest BCUT2D eigenvalue weighted by atomic mass is 10.1. The maximum Gasteiger partial charge on any atom is 0.413 e. The van der Waals surface area contributed by atoms with Gasteiger partial charge in [0.15, 0.2) is 0 Å². The van der Waals surface area contributed by atoms with Gasteiger partial charge in [0, 0.05) is 28.9 Å². The molecule has 1 aromatic heterocycles. The van der Waals surface area contributed by atoms with E-state index in [1.165, 1.54) is 0 Å². The number of anilines is 2. The van der Waals surface area contributed by atoms with E-state index in [0.29, 0.717) is 16.5 Å². The van der Waals surface area contributed by atoms with Crippen molar-refractivity contribution in [2.75, 3.05) is 11.1 Å². The largest absolute Gasteiger partial charge is 0.441 e. The number of hydrogen-bond donors (Lipinski definition) is 2. The second-order valence-corrected chi connectivity index (χ2v) is 6.25. The Kier molecular flexibility index (Phi) is 5.14. The smallest absolute Gasteiger partial charge is 0.413 e. The molecular weight excluding hydrogens is 352 g/mol. The van der Waals surface area contributed by atoms with Gasteiger partial charge in [-0.15, -0.1) is 0 Å². The molecule has 1 heterocycles. The van der Waals surface area contributed by atoms with Gasteiger partial charge in [-0.2, -0.15) is 5.10 Å². The highest BCUT2D eigenvalue weighted by Crippen LogP contribution is 2.29. The van der Waals surface area contributed by atoms with Crippen LogP contribution in [0.4, 0.5) is 16.3 Å². The highest BCUT2D eigenvalue weighted by molar-refractivity contribution is 6.31. The fourth-order valence-corrected chi connectivity index (χ4v) is 2.90. The Morgan fingerprint density at radius 1 is 1.23 bits per heavy atom. The predicted molar refractivity (Wildman–Crippen MR) is 103 cm³/mol. The van der Waals surface area contributed by atoms with Gasteiger partial charge in [0.1, 0.15) is 11.9 Å². The molecule has 0 aliphatic rings. The topological polar surface area (TPSA) is 82.2 Å². The molecule has 0 aliphatic carbocycles. The molecule has 1 amide bonds. The molecule has 3 rings (SSSR count). The Morgan fingerprint density at radius 2 is 1.92 bits per heavy atom. The number of aryl methyl sites for hydroxylation is 1. The number of hydrogen-bond acceptors (Lipinski definition) is 4. The molecular formula is C19H19ClN4O2. The Balaban J connectivity index is 1.77. The maximum atomic E-state index is 12.4. The number of aromatic nitrogens is 2. The van der Waals surface area contributed by atoms with Gasteiger partial charge < -0.3 is 10.5 Å². The third-order valence-electron chi connectivity index (χ3n) is 4.01. The van der Waals surface area contributed by atoms with E-state index in [1.807, 2.05) is 30.3 Å². The van der Waals surface area contributed by atoms with Crippen LogP contribution in [0.25, 0.3) is 11.1 Å². The van der Waals surface area contributed by atoms with Crippen LogP contribution in [0, 0.1) is 0 Å². The van der Waals surface area contributed by atoms with Crippen LogP contribution in [-0.4, -0.2) is 15.9 Å². The molecule has 1 atom stereocenters. The molecule has 7 heteroatoms. The quantitative estimate of drug-likeness (QED) is 0.656. The second kappa shape index (κ2) is 7.49. The van der Waals surface area contributed by atoms with Crippen LogP contribution in [0.5, 0.6) is 0 Å². The number of nitrogens with zero attached hydrogens (tertiary/aromatic N) is 2. The normalized spacial score (nSPS) is 11.8. The highest BCUT2D eigenvalue weighted by Gasteiger charge is 2.18. The zero-order valence-electron chi connectivity index (χ0n) is 14.4. The third kappa shape index (κ3) is 3.81. The van der Waals surface area contributed by atoms with Gasteiger partial charge in [-0.05, 0) is 30.7 Å². The predicted octanol–water partition coefficient (Wildman–Crippen LogP) is 4.63. The summed E-state index contributed by atoms with van der Waals surface area (Å²) in [6.07, 6.45) is 0.605. The standard InChI is InChI=1S/C19H19ClN4O2/c1-12(15-5-3-4-6-17(15)20)26-19(25)23-18-16(11-22-24(18)2)13-7-9-14(21)10-8-13/h3-12H,21H2,1-2H3,(H,23,25). The molecule has 3 N–H and O–H groups in total. The van der Waals surface area contributed by atoms with E-state index in [0.717, 1.165) is 16.7 Å². The maximum absolute atomic E-state index is 12.4. The molecule has 6 nitrogen and oxygen atoms in total. The van der Waals surface area contributed by atoms with Gasteiger partial charge in [-0.1, -0.05) is 41.9 Å². The lowest BCUT2D eigenvalue weighted by Gasteiger charge is -2.16. The average molecular weight is 371 g/mol. The van der Waals surface area contributed by atoms with E-state index in [1.54, 1.807) is 43.0 Å². The van der Waals surface area contributed by atoms with Crippen LogP contribution in [0.1, 0.15) is 18.6 Å². The van der Waals surface area contributed by atoms with Gasteiger partial charge in [0.2, 0.25) is 0 Å². The van der Waals surface area contributed by atoms with Crippen LogP contribution in [0.15, 0.2) is 54.7 Å². The van der Waals surface area contributed by atoms with Crippen LogP contribution in [0.3, 0.4) is 0 Å². The van der Waals surface area contributed by atoms with Crippen LogP contribution in [0.2, 0.25) is 5.02 Å². The molecule has 134 valence electrons. The number of amides is 1. The van der Waals surface area contributed by atoms with Crippen molar-refractivity contribution in [1.29, 1.82) is 0 Å². The number of carbonyl (C=O) groups excluding carboxylic acids is 1. The van der Waals surface area contributed by atoms with Crippen molar-refractivity contribution in [2.24, 2.45) is 7.05 Å². The van der Waals surface area contributed by atoms with Gasteiger partial charge in [-0.25, -0.2) is 4.79 Å². The van der Waals surface area contributed by atoms with E-state index in [9.17, 15) is 4.79 Å². The van der Waals surface area contributed by atoms with Crippen molar-refractivity contribution in [3.8, 4) is 11.1 Å². The van der Waals surface area contributed by atoms with E-state index in [-0.39, 0.29) is 0 Å². The summed E-state index contributed by atoms with van der Waals surface area (Å²) in [5.74, 6) is 0.533. The van der Waals surface area contributed by atoms with Gasteiger partial charge in [0.25, 0.3) is 0 Å². The van der Waals surface area contributed by atoms with E-state index >= 15 is 0 Å². The fraction of sp³-hybridized carbons (Fsp3) is 0.158. The van der Waals surface area contributed by atoms with Crippen molar-refractivity contribution in [2.45, 2.75) is 13.0 Å². The molecule has 2 aromatic carbocycles. The molecule has 0 fully saturated rings. The summed E-state index contributed by atoms with van der Waals surface area (Å²) in [7, 11) is 1.74. The van der Waals surface area contributed by atoms with Crippen molar-refractivity contribution >= 4 is 29.2 Å². The molecule has 3 aromatic rings. The Labute approximate surface area is 156 Å². The van der Waals surface area contributed by atoms with Crippen molar-refractivity contribution in [3.05, 3.63) is 65.3 Å². The van der Waals surface area contributed by atoms with Crippen molar-refractivity contribution < 1.29 is 9.53 Å². The second-order valence-electron chi connectivity index (χ2n) is 5.85. The number of nitrogens with two attached hydrogens (primary N) is 1. The summed E-state index contributed by atoms with van der Waals surface area (Å²) in [6, 6.07) is 14.6. The minimum absolute atomic E-state index is 0.489. The zero-order chi connectivity index (χ0) is 18.7. The first-order valence-corrected chi connectivity index (χ1v) is 8.43. The molecule has 0 spiro atoms. The molecule has 26 heavy (non-hydrogen) atoms. The fourth-order valence-electron chi connectivity index (χ4n) is 2.61. The first-order chi connectivity index (χ1) is 12.5. The zero-order valence-corrected chi connectivity index (χ0v) is 15.2. The number of nitrogens with one attached hydrogen (secondary N) is 1. The summed E-state index contributed by atoms with van der Waals surface area (Å²) in [6.45, 7) is 1.77. The number of rotatable bonds is 4. The Morgan fingerprint density at radius 3 is 2.62 bits per heavy atom. The number of halogens is 1. The Bertz CT molecular complexity index is 922. The van der Waals surface area contributed by atoms with E-state index < -0.39 is 12.2 Å². The summed E-state index contributed by atoms with van der Waals surface area (Å²) in [5, 5.41) is 7.52. The van der Waals surface area contributed by atoms with E-state index in [2.05, 4.69) is 10.4 Å². The van der Waals surface area contributed by atoms with E-state index in [4.69, 9.17) is 22.1 Å². The first-order valence-electron chi connectivity index (χ1n) is 8.05. The average Bonchev–Trinajstić information content (AvgIpc) is 2.96. The molecule has 0 saturated heterocycles. The summed E-state index contributed by atoms with van der Waals surface area (Å²) >= 11 is 6.15. The minimum Gasteiger partial charge on any atom is -0.441 e. The molecule has 1 unspecified atom stereocenters. The van der Waals surface area contributed by atoms with Gasteiger partial charge in [-0.3, -0.25) is 10.00 Å². The number of carbonyl (C=O) groups is 1. The highest BCUT2D eigenvalue weighted by atomic mass is 35.5.